The van der Waals surface area contributed by atoms with E-state index in [-0.39, 0.29) is 0 Å². The van der Waals surface area contributed by atoms with Gasteiger partial charge in [0.1, 0.15) is 11.6 Å². The van der Waals surface area contributed by atoms with Gasteiger partial charge < -0.3 is 4.90 Å². The second-order valence-corrected chi connectivity index (χ2v) is 4.76. The van der Waals surface area contributed by atoms with Crippen LogP contribution in [0.3, 0.4) is 0 Å². The van der Waals surface area contributed by atoms with Crippen LogP contribution < -0.4 is 4.90 Å². The third kappa shape index (κ3) is 2.47. The molecule has 3 rings (SSSR count). The van der Waals surface area contributed by atoms with Crippen molar-refractivity contribution in [1.29, 1.82) is 0 Å². The minimum atomic E-state index is 0.594. The summed E-state index contributed by atoms with van der Waals surface area (Å²) in [5.74, 6) is 2.57. The van der Waals surface area contributed by atoms with Crippen molar-refractivity contribution < 1.29 is 0 Å². The van der Waals surface area contributed by atoms with Crippen molar-refractivity contribution in [2.45, 2.75) is 25.3 Å². The Balaban J connectivity index is 1.75. The molecule has 0 saturated heterocycles. The van der Waals surface area contributed by atoms with E-state index in [1.807, 2.05) is 31.6 Å². The number of pyridine rings is 1. The highest BCUT2D eigenvalue weighted by Gasteiger charge is 2.26. The molecule has 18 heavy (non-hydrogen) atoms. The highest BCUT2D eigenvalue weighted by atomic mass is 15.2. The number of hydrogen-bond acceptors (Lipinski definition) is 4. The Hall–Kier alpha value is -1.97. The first-order valence-corrected chi connectivity index (χ1v) is 6.26. The molecule has 92 valence electrons. The lowest BCUT2D eigenvalue weighted by Gasteiger charge is -2.18. The largest absolute Gasteiger partial charge is 0.355 e. The van der Waals surface area contributed by atoms with Crippen LogP contribution in [0, 0.1) is 0 Å². The lowest BCUT2D eigenvalue weighted by molar-refractivity contribution is 0.851. The van der Waals surface area contributed by atoms with Crippen LogP contribution in [0.15, 0.2) is 36.8 Å². The number of nitrogens with zero attached hydrogens (tertiary/aromatic N) is 4. The molecular formula is C14H16N4. The van der Waals surface area contributed by atoms with Crippen LogP contribution in [0.4, 0.5) is 5.82 Å². The molecule has 2 aromatic rings. The maximum Gasteiger partial charge on any atom is 0.133 e. The average Bonchev–Trinajstić information content (AvgIpc) is 3.24. The van der Waals surface area contributed by atoms with Gasteiger partial charge in [0.2, 0.25) is 0 Å². The molecule has 0 N–H and O–H groups in total. The molecule has 0 aliphatic heterocycles. The average molecular weight is 240 g/mol. The Bertz CT molecular complexity index is 522. The van der Waals surface area contributed by atoms with Gasteiger partial charge in [-0.3, -0.25) is 4.98 Å². The fourth-order valence-electron chi connectivity index (χ4n) is 1.96. The summed E-state index contributed by atoms with van der Waals surface area (Å²) in [5, 5.41) is 0. The maximum atomic E-state index is 4.63. The Morgan fingerprint density at radius 1 is 1.28 bits per heavy atom. The van der Waals surface area contributed by atoms with Gasteiger partial charge in [0.15, 0.2) is 0 Å². The minimum absolute atomic E-state index is 0.594. The van der Waals surface area contributed by atoms with Crippen LogP contribution in [0.1, 0.15) is 30.1 Å². The second-order valence-electron chi connectivity index (χ2n) is 4.76. The summed E-state index contributed by atoms with van der Waals surface area (Å²) in [6.07, 6.45) is 8.00. The van der Waals surface area contributed by atoms with Crippen LogP contribution in [-0.2, 0) is 6.54 Å². The molecule has 4 heteroatoms. The molecule has 2 heterocycles. The molecule has 1 fully saturated rings. The van der Waals surface area contributed by atoms with Gasteiger partial charge in [-0.2, -0.15) is 0 Å². The third-order valence-corrected chi connectivity index (χ3v) is 3.14. The third-order valence-electron chi connectivity index (χ3n) is 3.14. The smallest absolute Gasteiger partial charge is 0.133 e. The Kier molecular flexibility index (Phi) is 2.92. The zero-order chi connectivity index (χ0) is 12.4. The highest BCUT2D eigenvalue weighted by Crippen LogP contribution is 2.38. The summed E-state index contributed by atoms with van der Waals surface area (Å²) in [4.78, 5) is 15.2. The fourth-order valence-corrected chi connectivity index (χ4v) is 1.96. The van der Waals surface area contributed by atoms with E-state index in [2.05, 4.69) is 25.9 Å². The van der Waals surface area contributed by atoms with Gasteiger partial charge in [0, 0.05) is 38.1 Å². The summed E-state index contributed by atoms with van der Waals surface area (Å²) >= 11 is 0. The first kappa shape index (κ1) is 11.1. The number of hydrogen-bond donors (Lipinski definition) is 0. The second kappa shape index (κ2) is 4.72. The Morgan fingerprint density at radius 2 is 2.17 bits per heavy atom. The quantitative estimate of drug-likeness (QED) is 0.823. The maximum absolute atomic E-state index is 4.63. The van der Waals surface area contributed by atoms with Gasteiger partial charge >= 0.3 is 0 Å². The molecule has 0 spiro atoms. The van der Waals surface area contributed by atoms with Crippen molar-refractivity contribution >= 4 is 5.82 Å². The first-order chi connectivity index (χ1) is 8.83. The predicted molar refractivity (Wildman–Crippen MR) is 70.4 cm³/mol. The van der Waals surface area contributed by atoms with Crippen molar-refractivity contribution in [3.63, 3.8) is 0 Å². The van der Waals surface area contributed by atoms with Gasteiger partial charge in [0.25, 0.3) is 0 Å². The summed E-state index contributed by atoms with van der Waals surface area (Å²) in [5.41, 5.74) is 1.19. The van der Waals surface area contributed by atoms with Gasteiger partial charge in [-0.15, -0.1) is 0 Å². The van der Waals surface area contributed by atoms with E-state index in [0.29, 0.717) is 5.92 Å². The van der Waals surface area contributed by atoms with E-state index < -0.39 is 0 Å². The zero-order valence-corrected chi connectivity index (χ0v) is 10.5. The lowest BCUT2D eigenvalue weighted by Crippen LogP contribution is -2.18. The molecule has 1 aliphatic rings. The van der Waals surface area contributed by atoms with Gasteiger partial charge in [-0.1, -0.05) is 6.07 Å². The van der Waals surface area contributed by atoms with Crippen molar-refractivity contribution in [1.82, 2.24) is 15.0 Å². The summed E-state index contributed by atoms with van der Waals surface area (Å²) < 4.78 is 0. The van der Waals surface area contributed by atoms with E-state index in [1.54, 1.807) is 6.20 Å². The van der Waals surface area contributed by atoms with Crippen molar-refractivity contribution in [2.75, 3.05) is 11.9 Å². The first-order valence-electron chi connectivity index (χ1n) is 6.26. The SMILES string of the molecule is CN(Cc1cccnc1)c1ccnc(C2CC2)n1. The van der Waals surface area contributed by atoms with Crippen molar-refractivity contribution in [2.24, 2.45) is 0 Å². The Labute approximate surface area is 107 Å². The molecule has 0 bridgehead atoms. The highest BCUT2D eigenvalue weighted by molar-refractivity contribution is 5.38. The molecular weight excluding hydrogens is 224 g/mol. The molecule has 1 saturated carbocycles. The van der Waals surface area contributed by atoms with Crippen LogP contribution in [0.2, 0.25) is 0 Å². The molecule has 0 atom stereocenters. The molecule has 0 amide bonds. The van der Waals surface area contributed by atoms with Crippen molar-refractivity contribution in [3.05, 3.63) is 48.2 Å². The molecule has 0 aromatic carbocycles. The Morgan fingerprint density at radius 3 is 2.89 bits per heavy atom. The topological polar surface area (TPSA) is 41.9 Å². The van der Waals surface area contributed by atoms with Crippen LogP contribution in [0.25, 0.3) is 0 Å². The molecule has 4 nitrogen and oxygen atoms in total. The summed E-state index contributed by atoms with van der Waals surface area (Å²) in [6.45, 7) is 0.814. The van der Waals surface area contributed by atoms with E-state index in [0.717, 1.165) is 18.2 Å². The van der Waals surface area contributed by atoms with Crippen molar-refractivity contribution in [3.8, 4) is 0 Å². The zero-order valence-electron chi connectivity index (χ0n) is 10.5. The lowest BCUT2D eigenvalue weighted by atomic mass is 10.2. The van der Waals surface area contributed by atoms with Crippen LogP contribution in [0.5, 0.6) is 0 Å². The van der Waals surface area contributed by atoms with Gasteiger partial charge in [-0.25, -0.2) is 9.97 Å². The molecule has 2 aromatic heterocycles. The molecule has 1 aliphatic carbocycles. The predicted octanol–water partition coefficient (Wildman–Crippen LogP) is 2.39. The van der Waals surface area contributed by atoms with E-state index in [1.165, 1.54) is 18.4 Å². The number of anilines is 1. The molecule has 0 radical (unpaired) electrons. The number of rotatable bonds is 4. The number of aromatic nitrogens is 3. The minimum Gasteiger partial charge on any atom is -0.355 e. The van der Waals surface area contributed by atoms with E-state index >= 15 is 0 Å². The standard InChI is InChI=1S/C14H16N4/c1-18(10-11-3-2-7-15-9-11)13-6-8-16-14(17-13)12-4-5-12/h2-3,6-9,12H,4-5,10H2,1H3. The van der Waals surface area contributed by atoms with Crippen LogP contribution >= 0.6 is 0 Å². The van der Waals surface area contributed by atoms with Crippen LogP contribution in [-0.4, -0.2) is 22.0 Å². The van der Waals surface area contributed by atoms with Gasteiger partial charge in [0.05, 0.1) is 0 Å². The normalized spacial score (nSPS) is 14.5. The fraction of sp³-hybridized carbons (Fsp3) is 0.357. The van der Waals surface area contributed by atoms with E-state index in [4.69, 9.17) is 0 Å². The summed E-state index contributed by atoms with van der Waals surface area (Å²) in [7, 11) is 2.05. The summed E-state index contributed by atoms with van der Waals surface area (Å²) in [6, 6.07) is 5.99. The van der Waals surface area contributed by atoms with E-state index in [9.17, 15) is 0 Å². The van der Waals surface area contributed by atoms with Gasteiger partial charge in [-0.05, 0) is 30.5 Å². The molecule has 0 unspecified atom stereocenters. The monoisotopic (exact) mass is 240 g/mol.